The first-order valence-corrected chi connectivity index (χ1v) is 8.65. The van der Waals surface area contributed by atoms with Gasteiger partial charge in [0.15, 0.2) is 0 Å². The molecular formula is C20H22ClNO. The van der Waals surface area contributed by atoms with Crippen LogP contribution in [-0.2, 0) is 24.1 Å². The molecule has 0 bridgehead atoms. The Hall–Kier alpha value is -1.80. The summed E-state index contributed by atoms with van der Waals surface area (Å²) in [5, 5.41) is 3.75. The van der Waals surface area contributed by atoms with Crippen LogP contribution in [0.1, 0.15) is 48.1 Å². The van der Waals surface area contributed by atoms with Gasteiger partial charge in [0, 0.05) is 5.02 Å². The standard InChI is InChI=1S/C20H22ClNO/c1-14(17-10-9-16-6-2-3-7-18(16)13-17)22-20(23)12-15-5-4-8-19(21)11-15/h4-5,8-11,13-14H,2-3,6-7,12H2,1H3,(H,22,23). The lowest BCUT2D eigenvalue weighted by atomic mass is 9.89. The number of carbonyl (C=O) groups is 1. The van der Waals surface area contributed by atoms with Crippen molar-refractivity contribution < 1.29 is 4.79 Å². The average Bonchev–Trinajstić information content (AvgIpc) is 2.54. The van der Waals surface area contributed by atoms with E-state index in [0.717, 1.165) is 12.0 Å². The van der Waals surface area contributed by atoms with Crippen LogP contribution in [0.2, 0.25) is 5.02 Å². The molecule has 120 valence electrons. The van der Waals surface area contributed by atoms with E-state index in [0.29, 0.717) is 11.4 Å². The van der Waals surface area contributed by atoms with Gasteiger partial charge in [0.1, 0.15) is 0 Å². The normalized spacial score (nSPS) is 14.9. The highest BCUT2D eigenvalue weighted by atomic mass is 35.5. The molecule has 1 aliphatic rings. The number of halogens is 1. The van der Waals surface area contributed by atoms with E-state index < -0.39 is 0 Å². The first-order valence-electron chi connectivity index (χ1n) is 8.27. The number of amides is 1. The summed E-state index contributed by atoms with van der Waals surface area (Å²) >= 11 is 5.97. The van der Waals surface area contributed by atoms with E-state index in [1.165, 1.54) is 36.0 Å². The minimum atomic E-state index is 0.0221. The van der Waals surface area contributed by atoms with Crippen molar-refractivity contribution in [1.82, 2.24) is 5.32 Å². The van der Waals surface area contributed by atoms with Crippen molar-refractivity contribution in [2.75, 3.05) is 0 Å². The predicted octanol–water partition coefficient (Wildman–Crippen LogP) is 4.64. The minimum Gasteiger partial charge on any atom is -0.349 e. The van der Waals surface area contributed by atoms with Gasteiger partial charge in [-0.3, -0.25) is 4.79 Å². The molecule has 1 atom stereocenters. The molecule has 1 unspecified atom stereocenters. The van der Waals surface area contributed by atoms with E-state index in [-0.39, 0.29) is 11.9 Å². The minimum absolute atomic E-state index is 0.0221. The first-order chi connectivity index (χ1) is 11.1. The summed E-state index contributed by atoms with van der Waals surface area (Å²) in [6, 6.07) is 14.1. The Morgan fingerprint density at radius 1 is 1.13 bits per heavy atom. The molecule has 0 radical (unpaired) electrons. The summed E-state index contributed by atoms with van der Waals surface area (Å²) in [7, 11) is 0. The second kappa shape index (κ2) is 7.18. The third-order valence-electron chi connectivity index (χ3n) is 4.50. The van der Waals surface area contributed by atoms with Gasteiger partial charge in [0.25, 0.3) is 0 Å². The Morgan fingerprint density at radius 3 is 2.70 bits per heavy atom. The molecule has 1 N–H and O–H groups in total. The van der Waals surface area contributed by atoms with Crippen LogP contribution in [0.4, 0.5) is 0 Å². The van der Waals surface area contributed by atoms with Crippen LogP contribution in [0.3, 0.4) is 0 Å². The molecule has 0 aliphatic heterocycles. The van der Waals surface area contributed by atoms with Gasteiger partial charge in [0.2, 0.25) is 5.91 Å². The summed E-state index contributed by atoms with van der Waals surface area (Å²) in [5.74, 6) is 0.0255. The van der Waals surface area contributed by atoms with Crippen LogP contribution in [-0.4, -0.2) is 5.91 Å². The van der Waals surface area contributed by atoms with Gasteiger partial charge in [-0.15, -0.1) is 0 Å². The summed E-state index contributed by atoms with van der Waals surface area (Å²) in [5.41, 5.74) is 5.04. The molecule has 2 aromatic carbocycles. The summed E-state index contributed by atoms with van der Waals surface area (Å²) in [6.07, 6.45) is 5.26. The van der Waals surface area contributed by atoms with Crippen molar-refractivity contribution in [3.8, 4) is 0 Å². The van der Waals surface area contributed by atoms with Crippen LogP contribution in [0, 0.1) is 0 Å². The number of hydrogen-bond donors (Lipinski definition) is 1. The molecule has 23 heavy (non-hydrogen) atoms. The third-order valence-corrected chi connectivity index (χ3v) is 4.74. The molecular weight excluding hydrogens is 306 g/mol. The topological polar surface area (TPSA) is 29.1 Å². The molecule has 2 nitrogen and oxygen atoms in total. The lowest BCUT2D eigenvalue weighted by Gasteiger charge is -2.20. The average molecular weight is 328 g/mol. The molecule has 1 amide bonds. The Morgan fingerprint density at radius 2 is 1.91 bits per heavy atom. The van der Waals surface area contributed by atoms with Crippen LogP contribution in [0.15, 0.2) is 42.5 Å². The second-order valence-corrected chi connectivity index (χ2v) is 6.77. The van der Waals surface area contributed by atoms with Gasteiger partial charge in [-0.2, -0.15) is 0 Å². The van der Waals surface area contributed by atoms with E-state index in [2.05, 4.69) is 23.5 Å². The molecule has 2 aromatic rings. The lowest BCUT2D eigenvalue weighted by molar-refractivity contribution is -0.121. The third kappa shape index (κ3) is 4.14. The smallest absolute Gasteiger partial charge is 0.224 e. The molecule has 0 fully saturated rings. The Balaban J connectivity index is 1.64. The maximum Gasteiger partial charge on any atom is 0.224 e. The Kier molecular flexibility index (Phi) is 5.02. The second-order valence-electron chi connectivity index (χ2n) is 6.33. The number of carbonyl (C=O) groups excluding carboxylic acids is 1. The van der Waals surface area contributed by atoms with Gasteiger partial charge < -0.3 is 5.32 Å². The van der Waals surface area contributed by atoms with Crippen LogP contribution in [0.25, 0.3) is 0 Å². The number of hydrogen-bond acceptors (Lipinski definition) is 1. The molecule has 1 aliphatic carbocycles. The number of fused-ring (bicyclic) bond motifs is 1. The lowest BCUT2D eigenvalue weighted by Crippen LogP contribution is -2.28. The van der Waals surface area contributed by atoms with Crippen molar-refractivity contribution in [2.24, 2.45) is 0 Å². The number of rotatable bonds is 4. The van der Waals surface area contributed by atoms with E-state index >= 15 is 0 Å². The quantitative estimate of drug-likeness (QED) is 0.871. The molecule has 0 saturated heterocycles. The molecule has 0 saturated carbocycles. The highest BCUT2D eigenvalue weighted by Gasteiger charge is 2.14. The fourth-order valence-corrected chi connectivity index (χ4v) is 3.44. The predicted molar refractivity (Wildman–Crippen MR) is 94.8 cm³/mol. The van der Waals surface area contributed by atoms with Crippen molar-refractivity contribution >= 4 is 17.5 Å². The fraction of sp³-hybridized carbons (Fsp3) is 0.350. The van der Waals surface area contributed by atoms with Crippen LogP contribution >= 0.6 is 11.6 Å². The van der Waals surface area contributed by atoms with Crippen molar-refractivity contribution in [3.05, 3.63) is 69.7 Å². The van der Waals surface area contributed by atoms with Gasteiger partial charge >= 0.3 is 0 Å². The zero-order valence-corrected chi connectivity index (χ0v) is 14.2. The van der Waals surface area contributed by atoms with Gasteiger partial charge in [-0.1, -0.05) is 41.9 Å². The monoisotopic (exact) mass is 327 g/mol. The van der Waals surface area contributed by atoms with E-state index in [9.17, 15) is 4.79 Å². The highest BCUT2D eigenvalue weighted by molar-refractivity contribution is 6.30. The van der Waals surface area contributed by atoms with E-state index in [1.54, 1.807) is 0 Å². The largest absolute Gasteiger partial charge is 0.349 e. The fourth-order valence-electron chi connectivity index (χ4n) is 3.23. The van der Waals surface area contributed by atoms with Gasteiger partial charge in [-0.25, -0.2) is 0 Å². The van der Waals surface area contributed by atoms with Crippen molar-refractivity contribution in [3.63, 3.8) is 0 Å². The van der Waals surface area contributed by atoms with E-state index in [4.69, 9.17) is 11.6 Å². The maximum absolute atomic E-state index is 12.2. The van der Waals surface area contributed by atoms with Crippen LogP contribution in [0.5, 0.6) is 0 Å². The van der Waals surface area contributed by atoms with Crippen molar-refractivity contribution in [2.45, 2.75) is 45.1 Å². The Bertz CT molecular complexity index is 711. The summed E-state index contributed by atoms with van der Waals surface area (Å²) < 4.78 is 0. The van der Waals surface area contributed by atoms with Crippen molar-refractivity contribution in [1.29, 1.82) is 0 Å². The molecule has 3 rings (SSSR count). The van der Waals surface area contributed by atoms with Gasteiger partial charge in [-0.05, 0) is 67.0 Å². The van der Waals surface area contributed by atoms with Gasteiger partial charge in [0.05, 0.1) is 12.5 Å². The molecule has 0 spiro atoms. The zero-order valence-electron chi connectivity index (χ0n) is 13.4. The Labute approximate surface area is 142 Å². The summed E-state index contributed by atoms with van der Waals surface area (Å²) in [4.78, 5) is 12.2. The first kappa shape index (κ1) is 16.1. The maximum atomic E-state index is 12.2. The molecule has 3 heteroatoms. The number of benzene rings is 2. The molecule has 0 aromatic heterocycles. The SMILES string of the molecule is CC(NC(=O)Cc1cccc(Cl)c1)c1ccc2c(c1)CCCC2. The van der Waals surface area contributed by atoms with Crippen LogP contribution < -0.4 is 5.32 Å². The number of nitrogens with one attached hydrogen (secondary N) is 1. The summed E-state index contributed by atoms with van der Waals surface area (Å²) in [6.45, 7) is 2.04. The van der Waals surface area contributed by atoms with E-state index in [1.807, 2.05) is 31.2 Å². The molecule has 0 heterocycles. The number of aryl methyl sites for hydroxylation is 2. The highest BCUT2D eigenvalue weighted by Crippen LogP contribution is 2.24. The zero-order chi connectivity index (χ0) is 16.2.